The number of aromatic nitrogens is 1. The van der Waals surface area contributed by atoms with Gasteiger partial charge in [0.05, 0.1) is 16.8 Å². The van der Waals surface area contributed by atoms with Gasteiger partial charge in [-0.05, 0) is 41.8 Å². The number of hydrogen-bond acceptors (Lipinski definition) is 2. The van der Waals surface area contributed by atoms with Crippen molar-refractivity contribution in [2.75, 3.05) is 0 Å². The SMILES string of the molecule is NC#Cc1cc(-c2ccc(C(=O)O)cc2)c2ccccn12. The standard InChI is InChI=1S/C17H12N2O2/c18-9-8-14-11-15(16-3-1-2-10-19(14)16)12-4-6-13(7-5-12)17(20)21/h1-7,10-11H,18H2,(H,20,21). The molecular weight excluding hydrogens is 264 g/mol. The lowest BCUT2D eigenvalue weighted by atomic mass is 10.0. The third kappa shape index (κ3) is 2.21. The summed E-state index contributed by atoms with van der Waals surface area (Å²) in [5.41, 5.74) is 9.31. The molecule has 0 saturated heterocycles. The van der Waals surface area contributed by atoms with Gasteiger partial charge in [0.25, 0.3) is 0 Å². The third-order valence-corrected chi connectivity index (χ3v) is 3.32. The number of carboxylic acid groups (broad SMARTS) is 1. The van der Waals surface area contributed by atoms with E-state index in [-0.39, 0.29) is 5.56 Å². The molecule has 0 amide bonds. The summed E-state index contributed by atoms with van der Waals surface area (Å²) in [6, 6.07) is 17.0. The van der Waals surface area contributed by atoms with E-state index in [1.165, 1.54) is 0 Å². The predicted molar refractivity (Wildman–Crippen MR) is 80.9 cm³/mol. The average molecular weight is 276 g/mol. The van der Waals surface area contributed by atoms with Gasteiger partial charge >= 0.3 is 5.97 Å². The summed E-state index contributed by atoms with van der Waals surface area (Å²) in [7, 11) is 0. The van der Waals surface area contributed by atoms with Gasteiger partial charge in [-0.15, -0.1) is 0 Å². The largest absolute Gasteiger partial charge is 0.478 e. The number of rotatable bonds is 2. The quantitative estimate of drug-likeness (QED) is 0.558. The number of nitrogens with two attached hydrogens (primary N) is 1. The highest BCUT2D eigenvalue weighted by Gasteiger charge is 2.10. The van der Waals surface area contributed by atoms with Gasteiger partial charge in [-0.1, -0.05) is 18.2 Å². The minimum atomic E-state index is -0.932. The van der Waals surface area contributed by atoms with Crippen LogP contribution in [0.15, 0.2) is 54.7 Å². The Morgan fingerprint density at radius 2 is 1.90 bits per heavy atom. The van der Waals surface area contributed by atoms with Crippen LogP contribution in [0.25, 0.3) is 16.6 Å². The summed E-state index contributed by atoms with van der Waals surface area (Å²) < 4.78 is 1.96. The van der Waals surface area contributed by atoms with E-state index in [1.54, 1.807) is 24.3 Å². The topological polar surface area (TPSA) is 67.7 Å². The minimum Gasteiger partial charge on any atom is -0.478 e. The number of nitrogens with zero attached hydrogens (tertiary/aromatic N) is 1. The lowest BCUT2D eigenvalue weighted by molar-refractivity contribution is 0.0697. The average Bonchev–Trinajstić information content (AvgIpc) is 2.87. The number of hydrogen-bond donors (Lipinski definition) is 2. The van der Waals surface area contributed by atoms with Crippen LogP contribution in [0.1, 0.15) is 16.1 Å². The summed E-state index contributed by atoms with van der Waals surface area (Å²) in [5.74, 6) is 1.93. The molecule has 0 atom stereocenters. The lowest BCUT2D eigenvalue weighted by Crippen LogP contribution is -1.94. The molecule has 1 aromatic carbocycles. The Hall–Kier alpha value is -3.19. The number of fused-ring (bicyclic) bond motifs is 1. The molecule has 21 heavy (non-hydrogen) atoms. The van der Waals surface area contributed by atoms with Crippen molar-refractivity contribution in [2.24, 2.45) is 5.73 Å². The van der Waals surface area contributed by atoms with Crippen LogP contribution in [0.5, 0.6) is 0 Å². The van der Waals surface area contributed by atoms with E-state index in [4.69, 9.17) is 10.8 Å². The van der Waals surface area contributed by atoms with Gasteiger partial charge in [0.1, 0.15) is 0 Å². The summed E-state index contributed by atoms with van der Waals surface area (Å²) in [5, 5.41) is 8.96. The van der Waals surface area contributed by atoms with Gasteiger partial charge in [-0.3, -0.25) is 0 Å². The fourth-order valence-corrected chi connectivity index (χ4v) is 2.35. The first-order valence-electron chi connectivity index (χ1n) is 6.36. The van der Waals surface area contributed by atoms with Crippen LogP contribution in [0.4, 0.5) is 0 Å². The van der Waals surface area contributed by atoms with Crippen molar-refractivity contribution >= 4 is 11.5 Å². The van der Waals surface area contributed by atoms with Crippen molar-refractivity contribution in [1.29, 1.82) is 0 Å². The van der Waals surface area contributed by atoms with Gasteiger partial charge in [0, 0.05) is 17.8 Å². The molecule has 0 spiro atoms. The van der Waals surface area contributed by atoms with Gasteiger partial charge in [-0.2, -0.15) is 0 Å². The first kappa shape index (κ1) is 12.8. The molecule has 4 heteroatoms. The number of aromatic carboxylic acids is 1. The van der Waals surface area contributed by atoms with Crippen molar-refractivity contribution in [3.05, 3.63) is 66.0 Å². The smallest absolute Gasteiger partial charge is 0.335 e. The highest BCUT2D eigenvalue weighted by molar-refractivity contribution is 5.89. The lowest BCUT2D eigenvalue weighted by Gasteiger charge is -2.01. The molecule has 102 valence electrons. The highest BCUT2D eigenvalue weighted by atomic mass is 16.4. The van der Waals surface area contributed by atoms with Crippen molar-refractivity contribution in [1.82, 2.24) is 4.40 Å². The Morgan fingerprint density at radius 1 is 1.14 bits per heavy atom. The van der Waals surface area contributed by atoms with Crippen LogP contribution < -0.4 is 5.73 Å². The van der Waals surface area contributed by atoms with Crippen LogP contribution in [0.2, 0.25) is 0 Å². The van der Waals surface area contributed by atoms with Crippen LogP contribution >= 0.6 is 0 Å². The van der Waals surface area contributed by atoms with Gasteiger partial charge < -0.3 is 15.2 Å². The van der Waals surface area contributed by atoms with E-state index in [9.17, 15) is 4.79 Å². The minimum absolute atomic E-state index is 0.268. The van der Waals surface area contributed by atoms with E-state index in [0.29, 0.717) is 0 Å². The Labute approximate surface area is 121 Å². The fraction of sp³-hybridized carbons (Fsp3) is 0. The molecule has 3 rings (SSSR count). The molecule has 0 radical (unpaired) electrons. The van der Waals surface area contributed by atoms with E-state index in [2.05, 4.69) is 12.0 Å². The van der Waals surface area contributed by atoms with Crippen molar-refractivity contribution in [3.8, 4) is 23.1 Å². The summed E-state index contributed by atoms with van der Waals surface area (Å²) >= 11 is 0. The second-order valence-corrected chi connectivity index (χ2v) is 4.55. The Morgan fingerprint density at radius 3 is 2.57 bits per heavy atom. The van der Waals surface area contributed by atoms with E-state index in [1.807, 2.05) is 34.9 Å². The maximum Gasteiger partial charge on any atom is 0.335 e. The molecule has 0 aliphatic carbocycles. The zero-order valence-corrected chi connectivity index (χ0v) is 11.1. The molecule has 4 nitrogen and oxygen atoms in total. The molecule has 0 aliphatic heterocycles. The molecule has 0 unspecified atom stereocenters. The second-order valence-electron chi connectivity index (χ2n) is 4.55. The maximum absolute atomic E-state index is 10.9. The second kappa shape index (κ2) is 5.06. The summed E-state index contributed by atoms with van der Waals surface area (Å²) in [6.45, 7) is 0. The molecule has 3 N–H and O–H groups in total. The van der Waals surface area contributed by atoms with E-state index in [0.717, 1.165) is 22.3 Å². The monoisotopic (exact) mass is 276 g/mol. The molecular formula is C17H12N2O2. The highest BCUT2D eigenvalue weighted by Crippen LogP contribution is 2.28. The fourth-order valence-electron chi connectivity index (χ4n) is 2.35. The number of carboxylic acids is 1. The first-order valence-corrected chi connectivity index (χ1v) is 6.36. The van der Waals surface area contributed by atoms with E-state index < -0.39 is 5.97 Å². The first-order chi connectivity index (χ1) is 10.2. The maximum atomic E-state index is 10.9. The Balaban J connectivity index is 2.19. The molecule has 2 heterocycles. The van der Waals surface area contributed by atoms with Gasteiger partial charge in [0.15, 0.2) is 0 Å². The van der Waals surface area contributed by atoms with Gasteiger partial charge in [-0.25, -0.2) is 4.79 Å². The zero-order valence-electron chi connectivity index (χ0n) is 11.1. The molecule has 3 aromatic rings. The Bertz CT molecular complexity index is 881. The van der Waals surface area contributed by atoms with E-state index >= 15 is 0 Å². The van der Waals surface area contributed by atoms with Crippen LogP contribution in [0, 0.1) is 12.0 Å². The van der Waals surface area contributed by atoms with Crippen LogP contribution in [-0.4, -0.2) is 15.5 Å². The number of carbonyl (C=O) groups is 1. The molecule has 2 aromatic heterocycles. The van der Waals surface area contributed by atoms with Crippen LogP contribution in [0.3, 0.4) is 0 Å². The van der Waals surface area contributed by atoms with Gasteiger partial charge in [0.2, 0.25) is 0 Å². The normalized spacial score (nSPS) is 10.1. The molecule has 0 bridgehead atoms. The molecule has 0 saturated carbocycles. The summed E-state index contributed by atoms with van der Waals surface area (Å²) in [6.07, 6.45) is 1.92. The third-order valence-electron chi connectivity index (χ3n) is 3.32. The van der Waals surface area contributed by atoms with Crippen molar-refractivity contribution < 1.29 is 9.90 Å². The summed E-state index contributed by atoms with van der Waals surface area (Å²) in [4.78, 5) is 10.9. The number of benzene rings is 1. The molecule has 0 fully saturated rings. The van der Waals surface area contributed by atoms with Crippen LogP contribution in [-0.2, 0) is 0 Å². The Kier molecular flexibility index (Phi) is 3.09. The zero-order chi connectivity index (χ0) is 14.8. The predicted octanol–water partition coefficient (Wildman–Crippen LogP) is 2.57. The van der Waals surface area contributed by atoms with Crippen molar-refractivity contribution in [2.45, 2.75) is 0 Å². The van der Waals surface area contributed by atoms with Crippen molar-refractivity contribution in [3.63, 3.8) is 0 Å². The molecule has 0 aliphatic rings. The number of pyridine rings is 1.